The van der Waals surface area contributed by atoms with E-state index in [9.17, 15) is 34.5 Å². The van der Waals surface area contributed by atoms with Gasteiger partial charge in [0.15, 0.2) is 0 Å². The van der Waals surface area contributed by atoms with Crippen LogP contribution in [-0.2, 0) is 32.0 Å². The van der Waals surface area contributed by atoms with Crippen molar-refractivity contribution in [2.75, 3.05) is 13.2 Å². The van der Waals surface area contributed by atoms with Gasteiger partial charge in [0.05, 0.1) is 19.3 Å². The van der Waals surface area contributed by atoms with E-state index in [2.05, 4.69) is 20.9 Å². The van der Waals surface area contributed by atoms with Crippen LogP contribution in [0.25, 0.3) is 10.9 Å². The van der Waals surface area contributed by atoms with Gasteiger partial charge in [0.1, 0.15) is 18.1 Å². The van der Waals surface area contributed by atoms with Gasteiger partial charge in [-0.3, -0.25) is 14.4 Å². The monoisotopic (exact) mass is 525 g/mol. The molecule has 202 valence electrons. The summed E-state index contributed by atoms with van der Waals surface area (Å²) in [6, 6.07) is 11.0. The second-order valence-electron chi connectivity index (χ2n) is 8.75. The van der Waals surface area contributed by atoms with Crippen molar-refractivity contribution in [2.45, 2.75) is 37.0 Å². The number of nitrogens with one attached hydrogen (secondary N) is 4. The van der Waals surface area contributed by atoms with Crippen LogP contribution in [0.15, 0.2) is 60.8 Å². The SMILES string of the molecule is NC(Cc1ccccc1)C(=O)NC(CO)C(=O)NC(Cc1c[nH]c2ccccc12)C(=O)NC(CO)C(=O)O. The van der Waals surface area contributed by atoms with Crippen LogP contribution < -0.4 is 21.7 Å². The van der Waals surface area contributed by atoms with Crippen LogP contribution in [0.1, 0.15) is 11.1 Å². The number of aliphatic hydroxyl groups excluding tert-OH is 2. The molecular formula is C26H31N5O7. The quantitative estimate of drug-likeness (QED) is 0.136. The van der Waals surface area contributed by atoms with Gasteiger partial charge in [0.2, 0.25) is 17.7 Å². The van der Waals surface area contributed by atoms with Gasteiger partial charge >= 0.3 is 5.97 Å². The molecule has 12 heteroatoms. The fraction of sp³-hybridized carbons (Fsp3) is 0.308. The summed E-state index contributed by atoms with van der Waals surface area (Å²) in [5.74, 6) is -3.87. The highest BCUT2D eigenvalue weighted by Gasteiger charge is 2.30. The molecule has 3 amide bonds. The van der Waals surface area contributed by atoms with Crippen LogP contribution in [0.5, 0.6) is 0 Å². The highest BCUT2D eigenvalue weighted by atomic mass is 16.4. The van der Waals surface area contributed by atoms with E-state index in [1.54, 1.807) is 36.5 Å². The average Bonchev–Trinajstić information content (AvgIpc) is 3.32. The Labute approximate surface area is 218 Å². The smallest absolute Gasteiger partial charge is 0.328 e. The number of aromatic nitrogens is 1. The van der Waals surface area contributed by atoms with E-state index in [1.165, 1.54) is 0 Å². The Hall–Kier alpha value is -4.26. The van der Waals surface area contributed by atoms with Gasteiger partial charge in [-0.15, -0.1) is 0 Å². The van der Waals surface area contributed by atoms with Crippen LogP contribution in [0.2, 0.25) is 0 Å². The largest absolute Gasteiger partial charge is 0.480 e. The number of aliphatic carboxylic acids is 1. The molecule has 0 radical (unpaired) electrons. The number of hydrogen-bond acceptors (Lipinski definition) is 7. The third-order valence-electron chi connectivity index (χ3n) is 5.98. The third-order valence-corrected chi connectivity index (χ3v) is 5.98. The molecule has 1 heterocycles. The minimum absolute atomic E-state index is 0.0427. The number of benzene rings is 2. The maximum atomic E-state index is 13.0. The van der Waals surface area contributed by atoms with Crippen molar-refractivity contribution in [3.05, 3.63) is 71.9 Å². The first-order chi connectivity index (χ1) is 18.2. The second-order valence-corrected chi connectivity index (χ2v) is 8.75. The standard InChI is InChI=1S/C26H31N5O7/c27-18(10-15-6-2-1-3-7-15)23(34)30-21(13-32)25(36)29-20(24(35)31-22(14-33)26(37)38)11-16-12-28-19-9-5-4-8-17(16)19/h1-9,12,18,20-22,28,32-33H,10-11,13-14,27H2,(H,29,36)(H,30,34)(H,31,35)(H,37,38). The number of nitrogens with two attached hydrogens (primary N) is 1. The number of amides is 3. The number of hydrogen-bond donors (Lipinski definition) is 8. The number of carbonyl (C=O) groups excluding carboxylic acids is 3. The first kappa shape index (κ1) is 28.3. The zero-order chi connectivity index (χ0) is 27.7. The van der Waals surface area contributed by atoms with Crippen molar-refractivity contribution in [1.29, 1.82) is 0 Å². The molecule has 12 nitrogen and oxygen atoms in total. The summed E-state index contributed by atoms with van der Waals surface area (Å²) < 4.78 is 0. The summed E-state index contributed by atoms with van der Waals surface area (Å²) in [7, 11) is 0. The lowest BCUT2D eigenvalue weighted by atomic mass is 10.0. The van der Waals surface area contributed by atoms with Crippen molar-refractivity contribution < 1.29 is 34.5 Å². The number of H-pyrrole nitrogens is 1. The van der Waals surface area contributed by atoms with E-state index in [-0.39, 0.29) is 12.8 Å². The number of rotatable bonds is 13. The molecule has 0 fully saturated rings. The summed E-state index contributed by atoms with van der Waals surface area (Å²) in [5.41, 5.74) is 8.23. The minimum atomic E-state index is -1.59. The van der Waals surface area contributed by atoms with Crippen molar-refractivity contribution in [3.8, 4) is 0 Å². The van der Waals surface area contributed by atoms with E-state index < -0.39 is 61.1 Å². The molecule has 4 atom stereocenters. The molecule has 9 N–H and O–H groups in total. The molecule has 0 saturated carbocycles. The Morgan fingerprint density at radius 1 is 0.763 bits per heavy atom. The van der Waals surface area contributed by atoms with Gasteiger partial charge in [-0.2, -0.15) is 0 Å². The van der Waals surface area contributed by atoms with Gasteiger partial charge in [-0.25, -0.2) is 4.79 Å². The Kier molecular flexibility index (Phi) is 9.93. The highest BCUT2D eigenvalue weighted by Crippen LogP contribution is 2.19. The molecule has 38 heavy (non-hydrogen) atoms. The molecule has 3 aromatic rings. The van der Waals surface area contributed by atoms with Gasteiger partial charge in [0.25, 0.3) is 0 Å². The topological polar surface area (TPSA) is 207 Å². The van der Waals surface area contributed by atoms with Crippen LogP contribution in [0.4, 0.5) is 0 Å². The van der Waals surface area contributed by atoms with Crippen LogP contribution in [0.3, 0.4) is 0 Å². The number of fused-ring (bicyclic) bond motifs is 1. The average molecular weight is 526 g/mol. The van der Waals surface area contributed by atoms with E-state index in [1.807, 2.05) is 24.3 Å². The number of carboxylic acids is 1. The van der Waals surface area contributed by atoms with Gasteiger partial charge < -0.3 is 42.0 Å². The van der Waals surface area contributed by atoms with Crippen molar-refractivity contribution in [1.82, 2.24) is 20.9 Å². The minimum Gasteiger partial charge on any atom is -0.480 e. The molecule has 0 bridgehead atoms. The molecule has 4 unspecified atom stereocenters. The fourth-order valence-electron chi connectivity index (χ4n) is 3.89. The van der Waals surface area contributed by atoms with Crippen LogP contribution in [0, 0.1) is 0 Å². The molecule has 1 aromatic heterocycles. The molecule has 3 rings (SSSR count). The molecular weight excluding hydrogens is 494 g/mol. The Bertz CT molecular complexity index is 1260. The van der Waals surface area contributed by atoms with Crippen LogP contribution >= 0.6 is 0 Å². The second kappa shape index (κ2) is 13.3. The number of para-hydroxylation sites is 1. The predicted molar refractivity (Wildman–Crippen MR) is 138 cm³/mol. The number of aromatic amines is 1. The lowest BCUT2D eigenvalue weighted by Gasteiger charge is -2.24. The van der Waals surface area contributed by atoms with Gasteiger partial charge in [-0.05, 0) is 23.6 Å². The number of carboxylic acid groups (broad SMARTS) is 1. The van der Waals surface area contributed by atoms with E-state index in [0.717, 1.165) is 16.5 Å². The first-order valence-electron chi connectivity index (χ1n) is 11.9. The molecule has 0 aliphatic rings. The fourth-order valence-corrected chi connectivity index (χ4v) is 3.89. The Morgan fingerprint density at radius 2 is 1.34 bits per heavy atom. The summed E-state index contributed by atoms with van der Waals surface area (Å²) in [6.45, 7) is -1.63. The van der Waals surface area contributed by atoms with E-state index in [0.29, 0.717) is 5.56 Å². The summed E-state index contributed by atoms with van der Waals surface area (Å²) in [6.07, 6.45) is 1.82. The molecule has 0 aliphatic heterocycles. The van der Waals surface area contributed by atoms with E-state index in [4.69, 9.17) is 5.73 Å². The lowest BCUT2D eigenvalue weighted by Crippen LogP contribution is -2.59. The summed E-state index contributed by atoms with van der Waals surface area (Å²) in [4.78, 5) is 53.0. The predicted octanol–water partition coefficient (Wildman–Crippen LogP) is -1.20. The van der Waals surface area contributed by atoms with E-state index >= 15 is 0 Å². The Morgan fingerprint density at radius 3 is 2.00 bits per heavy atom. The normalized spacial score (nSPS) is 14.2. The highest BCUT2D eigenvalue weighted by molar-refractivity contribution is 5.95. The van der Waals surface area contributed by atoms with Crippen molar-refractivity contribution in [3.63, 3.8) is 0 Å². The van der Waals surface area contributed by atoms with Crippen LogP contribution in [-0.4, -0.2) is 81.4 Å². The van der Waals surface area contributed by atoms with Gasteiger partial charge in [0, 0.05) is 23.5 Å². The Balaban J connectivity index is 1.74. The molecule has 0 aliphatic carbocycles. The zero-order valence-electron chi connectivity index (χ0n) is 20.5. The zero-order valence-corrected chi connectivity index (χ0v) is 20.5. The first-order valence-corrected chi connectivity index (χ1v) is 11.9. The third kappa shape index (κ3) is 7.38. The summed E-state index contributed by atoms with van der Waals surface area (Å²) >= 11 is 0. The maximum absolute atomic E-state index is 13.0. The lowest BCUT2D eigenvalue weighted by molar-refractivity contribution is -0.143. The maximum Gasteiger partial charge on any atom is 0.328 e. The summed E-state index contributed by atoms with van der Waals surface area (Å²) in [5, 5.41) is 36.2. The molecule has 0 saturated heterocycles. The molecule has 2 aromatic carbocycles. The van der Waals surface area contributed by atoms with Crippen molar-refractivity contribution >= 4 is 34.6 Å². The number of aliphatic hydroxyl groups is 2. The van der Waals surface area contributed by atoms with Crippen molar-refractivity contribution in [2.24, 2.45) is 5.73 Å². The number of carbonyl (C=O) groups is 4. The molecule has 0 spiro atoms. The van der Waals surface area contributed by atoms with Gasteiger partial charge in [-0.1, -0.05) is 48.5 Å².